The molecular formula is C11H23N3O6S. The molecule has 0 aromatic heterocycles. The fourth-order valence-electron chi connectivity index (χ4n) is 1.54. The number of hydrazine groups is 1. The van der Waals surface area contributed by atoms with Crippen LogP contribution in [0.1, 0.15) is 6.92 Å². The molecule has 0 saturated carbocycles. The Hall–Kier alpha value is -1.23. The molecule has 0 heterocycles. The maximum Gasteiger partial charge on any atom is 0.321 e. The van der Waals surface area contributed by atoms with Crippen LogP contribution in [-0.4, -0.2) is 83.6 Å². The number of nitrogens with zero attached hydrogens (tertiary/aromatic N) is 2. The van der Waals surface area contributed by atoms with Crippen molar-refractivity contribution in [1.29, 1.82) is 0 Å². The van der Waals surface area contributed by atoms with Crippen molar-refractivity contribution in [2.45, 2.75) is 6.92 Å². The van der Waals surface area contributed by atoms with E-state index in [1.54, 1.807) is 5.01 Å². The molecule has 0 aliphatic carbocycles. The van der Waals surface area contributed by atoms with E-state index in [-0.39, 0.29) is 19.6 Å². The van der Waals surface area contributed by atoms with Gasteiger partial charge in [-0.05, 0) is 0 Å². The van der Waals surface area contributed by atoms with Gasteiger partial charge >= 0.3 is 11.9 Å². The molecule has 0 unspecified atom stereocenters. The van der Waals surface area contributed by atoms with Crippen molar-refractivity contribution in [3.63, 3.8) is 0 Å². The number of likely N-dealkylation sites (N-methyl/N-ethyl adjacent to an activating group) is 1. The van der Waals surface area contributed by atoms with Crippen LogP contribution in [0.2, 0.25) is 0 Å². The lowest BCUT2D eigenvalue weighted by molar-refractivity contribution is -0.155. The SMILES string of the molecule is CCN(CCNS(C)(=O)=O)N(CC(=O)OC)CC(=O)OC. The molecule has 0 amide bonds. The Morgan fingerprint density at radius 3 is 1.86 bits per heavy atom. The summed E-state index contributed by atoms with van der Waals surface area (Å²) in [5, 5.41) is 3.13. The number of carbonyl (C=O) groups is 2. The summed E-state index contributed by atoms with van der Waals surface area (Å²) in [6.07, 6.45) is 1.06. The molecule has 21 heavy (non-hydrogen) atoms. The number of hydrogen-bond donors (Lipinski definition) is 1. The summed E-state index contributed by atoms with van der Waals surface area (Å²) in [5.41, 5.74) is 0. The van der Waals surface area contributed by atoms with Gasteiger partial charge < -0.3 is 9.47 Å². The van der Waals surface area contributed by atoms with Gasteiger partial charge in [-0.3, -0.25) is 9.59 Å². The average Bonchev–Trinajstić information content (AvgIpc) is 2.41. The fraction of sp³-hybridized carbons (Fsp3) is 0.818. The van der Waals surface area contributed by atoms with E-state index < -0.39 is 22.0 Å². The Balaban J connectivity index is 4.71. The van der Waals surface area contributed by atoms with Crippen LogP contribution < -0.4 is 4.72 Å². The highest BCUT2D eigenvalue weighted by Crippen LogP contribution is 1.99. The van der Waals surface area contributed by atoms with Crippen molar-refractivity contribution < 1.29 is 27.5 Å². The maximum atomic E-state index is 11.4. The minimum absolute atomic E-state index is 0.127. The monoisotopic (exact) mass is 325 g/mol. The standard InChI is InChI=1S/C11H23N3O6S/c1-5-13(7-6-12-21(4,17)18)14(8-10(15)19-2)9-11(16)20-3/h12H,5-9H2,1-4H3. The van der Waals surface area contributed by atoms with Crippen molar-refractivity contribution >= 4 is 22.0 Å². The molecule has 0 radical (unpaired) electrons. The fourth-order valence-corrected chi connectivity index (χ4v) is 2.00. The van der Waals surface area contributed by atoms with Crippen LogP contribution in [0.25, 0.3) is 0 Å². The number of methoxy groups -OCH3 is 2. The van der Waals surface area contributed by atoms with Crippen LogP contribution in [0, 0.1) is 0 Å². The van der Waals surface area contributed by atoms with Gasteiger partial charge in [0, 0.05) is 19.6 Å². The Morgan fingerprint density at radius 1 is 1.05 bits per heavy atom. The van der Waals surface area contributed by atoms with E-state index in [0.717, 1.165) is 6.26 Å². The highest BCUT2D eigenvalue weighted by molar-refractivity contribution is 7.88. The van der Waals surface area contributed by atoms with Crippen LogP contribution in [0.4, 0.5) is 0 Å². The maximum absolute atomic E-state index is 11.4. The summed E-state index contributed by atoms with van der Waals surface area (Å²) in [6.45, 7) is 2.52. The number of ether oxygens (including phenoxy) is 2. The molecule has 0 aromatic carbocycles. The lowest BCUT2D eigenvalue weighted by Gasteiger charge is -2.32. The van der Waals surface area contributed by atoms with Crippen molar-refractivity contribution in [1.82, 2.24) is 14.7 Å². The van der Waals surface area contributed by atoms with Gasteiger partial charge in [0.25, 0.3) is 0 Å². The van der Waals surface area contributed by atoms with Crippen molar-refractivity contribution in [2.75, 3.05) is 53.2 Å². The summed E-state index contributed by atoms with van der Waals surface area (Å²) in [7, 11) is -0.787. The molecule has 1 N–H and O–H groups in total. The number of hydrogen-bond acceptors (Lipinski definition) is 8. The van der Waals surface area contributed by atoms with Crippen LogP contribution >= 0.6 is 0 Å². The first-order valence-corrected chi connectivity index (χ1v) is 8.20. The summed E-state index contributed by atoms with van der Waals surface area (Å²) in [4.78, 5) is 22.8. The third-order valence-corrected chi connectivity index (χ3v) is 3.31. The van der Waals surface area contributed by atoms with Gasteiger partial charge in [0.05, 0.1) is 20.5 Å². The quantitative estimate of drug-likeness (QED) is 0.379. The molecule has 9 nitrogen and oxygen atoms in total. The predicted molar refractivity (Wildman–Crippen MR) is 75.7 cm³/mol. The van der Waals surface area contributed by atoms with Gasteiger partial charge in [0.1, 0.15) is 13.1 Å². The molecular weight excluding hydrogens is 302 g/mol. The van der Waals surface area contributed by atoms with Crippen molar-refractivity contribution in [3.05, 3.63) is 0 Å². The Morgan fingerprint density at radius 2 is 1.52 bits per heavy atom. The molecule has 0 aromatic rings. The summed E-state index contributed by atoms with van der Waals surface area (Å²) >= 11 is 0. The molecule has 0 aliphatic rings. The topological polar surface area (TPSA) is 105 Å². The second kappa shape index (κ2) is 9.66. The third-order valence-electron chi connectivity index (χ3n) is 2.58. The van der Waals surface area contributed by atoms with Crippen LogP contribution in [0.3, 0.4) is 0 Å². The normalized spacial score (nSPS) is 11.7. The molecule has 124 valence electrons. The Bertz CT molecular complexity index is 421. The van der Waals surface area contributed by atoms with Crippen LogP contribution in [-0.2, 0) is 29.1 Å². The second-order valence-electron chi connectivity index (χ2n) is 4.19. The van der Waals surface area contributed by atoms with Crippen molar-refractivity contribution in [2.24, 2.45) is 0 Å². The molecule has 0 saturated heterocycles. The van der Waals surface area contributed by atoms with E-state index >= 15 is 0 Å². The van der Waals surface area contributed by atoms with E-state index in [2.05, 4.69) is 14.2 Å². The summed E-state index contributed by atoms with van der Waals surface area (Å²) < 4.78 is 33.6. The molecule has 0 fully saturated rings. The Labute approximate surface area is 125 Å². The number of esters is 2. The summed E-state index contributed by atoms with van der Waals surface area (Å²) in [5.74, 6) is -1.01. The number of sulfonamides is 1. The molecule has 0 spiro atoms. The van der Waals surface area contributed by atoms with Gasteiger partial charge in [0.2, 0.25) is 10.0 Å². The molecule has 0 aliphatic heterocycles. The van der Waals surface area contributed by atoms with Crippen LogP contribution in [0.15, 0.2) is 0 Å². The van der Waals surface area contributed by atoms with E-state index in [4.69, 9.17) is 0 Å². The molecule has 0 bridgehead atoms. The number of rotatable bonds is 10. The Kier molecular flexibility index (Phi) is 9.09. The first kappa shape index (κ1) is 19.8. The van der Waals surface area contributed by atoms with Gasteiger partial charge in [-0.15, -0.1) is 0 Å². The largest absolute Gasteiger partial charge is 0.468 e. The number of carbonyl (C=O) groups excluding carboxylic acids is 2. The van der Waals surface area contributed by atoms with E-state index in [1.165, 1.54) is 19.2 Å². The van der Waals surface area contributed by atoms with E-state index in [1.807, 2.05) is 6.92 Å². The zero-order valence-electron chi connectivity index (χ0n) is 12.8. The third kappa shape index (κ3) is 9.34. The zero-order valence-corrected chi connectivity index (χ0v) is 13.6. The molecule has 10 heteroatoms. The highest BCUT2D eigenvalue weighted by Gasteiger charge is 2.21. The van der Waals surface area contributed by atoms with Gasteiger partial charge in [0.15, 0.2) is 0 Å². The highest BCUT2D eigenvalue weighted by atomic mass is 32.2. The lowest BCUT2D eigenvalue weighted by Crippen LogP contribution is -2.50. The number of nitrogens with one attached hydrogen (secondary N) is 1. The smallest absolute Gasteiger partial charge is 0.321 e. The zero-order chi connectivity index (χ0) is 16.5. The van der Waals surface area contributed by atoms with Gasteiger partial charge in [-0.2, -0.15) is 0 Å². The van der Waals surface area contributed by atoms with Gasteiger partial charge in [-0.1, -0.05) is 6.92 Å². The first-order valence-electron chi connectivity index (χ1n) is 6.31. The van der Waals surface area contributed by atoms with E-state index in [0.29, 0.717) is 13.1 Å². The average molecular weight is 325 g/mol. The van der Waals surface area contributed by atoms with E-state index in [9.17, 15) is 18.0 Å². The second-order valence-corrected chi connectivity index (χ2v) is 6.02. The minimum atomic E-state index is -3.29. The van der Waals surface area contributed by atoms with Crippen LogP contribution in [0.5, 0.6) is 0 Å². The molecule has 0 rings (SSSR count). The first-order chi connectivity index (χ1) is 9.73. The predicted octanol–water partition coefficient (Wildman–Crippen LogP) is -1.58. The van der Waals surface area contributed by atoms with Gasteiger partial charge in [-0.25, -0.2) is 23.2 Å². The summed E-state index contributed by atoms with van der Waals surface area (Å²) in [6, 6.07) is 0. The lowest BCUT2D eigenvalue weighted by atomic mass is 10.5. The molecule has 0 atom stereocenters. The minimum Gasteiger partial charge on any atom is -0.468 e. The van der Waals surface area contributed by atoms with Crippen molar-refractivity contribution in [3.8, 4) is 0 Å².